The van der Waals surface area contributed by atoms with Gasteiger partial charge in [0.25, 0.3) is 0 Å². The van der Waals surface area contributed by atoms with E-state index in [4.69, 9.17) is 12.2 Å². The highest BCUT2D eigenvalue weighted by Crippen LogP contribution is 2.26. The number of terminal acetylenes is 1. The Morgan fingerprint density at radius 3 is 2.93 bits per heavy atom. The number of H-pyrrole nitrogens is 1. The van der Waals surface area contributed by atoms with Gasteiger partial charge in [-0.15, -0.1) is 6.42 Å². The molecule has 0 aliphatic heterocycles. The molecule has 0 radical (unpaired) electrons. The van der Waals surface area contributed by atoms with E-state index < -0.39 is 0 Å². The molecule has 2 aromatic rings. The molecule has 0 saturated carbocycles. The summed E-state index contributed by atoms with van der Waals surface area (Å²) in [5, 5.41) is 10.6. The van der Waals surface area contributed by atoms with Crippen molar-refractivity contribution in [2.24, 2.45) is 5.73 Å². The van der Waals surface area contributed by atoms with E-state index in [1.807, 2.05) is 6.20 Å². The number of benzene rings is 1. The molecule has 2 rings (SSSR count). The summed E-state index contributed by atoms with van der Waals surface area (Å²) >= 11 is 0. The number of rotatable bonds is 2. The summed E-state index contributed by atoms with van der Waals surface area (Å²) in [6, 6.07) is 3.46. The predicted octanol–water partition coefficient (Wildman–Crippen LogP) is 1.36. The van der Waals surface area contributed by atoms with Crippen molar-refractivity contribution >= 4 is 10.9 Å². The summed E-state index contributed by atoms with van der Waals surface area (Å²) in [5.74, 6) is 2.58. The fourth-order valence-electron chi connectivity index (χ4n) is 1.69. The molecule has 1 heterocycles. The minimum atomic E-state index is 0.142. The first-order valence-corrected chi connectivity index (χ1v) is 4.76. The first-order valence-electron chi connectivity index (χ1n) is 4.76. The van der Waals surface area contributed by atoms with E-state index in [9.17, 15) is 5.11 Å². The number of aromatic amines is 1. The highest BCUT2D eigenvalue weighted by atomic mass is 16.3. The third-order valence-corrected chi connectivity index (χ3v) is 2.45. The van der Waals surface area contributed by atoms with Gasteiger partial charge < -0.3 is 15.8 Å². The van der Waals surface area contributed by atoms with Crippen molar-refractivity contribution < 1.29 is 5.11 Å². The van der Waals surface area contributed by atoms with Crippen LogP contribution < -0.4 is 5.73 Å². The summed E-state index contributed by atoms with van der Waals surface area (Å²) in [5.41, 5.74) is 8.04. The zero-order chi connectivity index (χ0) is 10.8. The van der Waals surface area contributed by atoms with Crippen LogP contribution in [0, 0.1) is 12.3 Å². The van der Waals surface area contributed by atoms with Gasteiger partial charge in [0.2, 0.25) is 0 Å². The summed E-state index contributed by atoms with van der Waals surface area (Å²) in [6.07, 6.45) is 7.95. The molecule has 0 saturated heterocycles. The lowest BCUT2D eigenvalue weighted by molar-refractivity contribution is 0.474. The van der Waals surface area contributed by atoms with Gasteiger partial charge in [-0.2, -0.15) is 0 Å². The van der Waals surface area contributed by atoms with Crippen LogP contribution in [0.5, 0.6) is 5.75 Å². The molecule has 0 unspecified atom stereocenters. The number of nitrogens with two attached hydrogens (primary N) is 1. The Morgan fingerprint density at radius 2 is 2.27 bits per heavy atom. The summed E-state index contributed by atoms with van der Waals surface area (Å²) in [4.78, 5) is 3.11. The fraction of sp³-hybridized carbons (Fsp3) is 0.167. The second-order valence-corrected chi connectivity index (χ2v) is 3.41. The van der Waals surface area contributed by atoms with E-state index in [0.717, 1.165) is 22.9 Å². The van der Waals surface area contributed by atoms with Gasteiger partial charge in [-0.25, -0.2) is 0 Å². The third-order valence-electron chi connectivity index (χ3n) is 2.45. The van der Waals surface area contributed by atoms with Gasteiger partial charge in [-0.3, -0.25) is 0 Å². The highest BCUT2D eigenvalue weighted by molar-refractivity contribution is 5.86. The predicted molar refractivity (Wildman–Crippen MR) is 60.7 cm³/mol. The average Bonchev–Trinajstić information content (AvgIpc) is 2.61. The maximum absolute atomic E-state index is 9.63. The van der Waals surface area contributed by atoms with Gasteiger partial charge in [0.1, 0.15) is 5.75 Å². The van der Waals surface area contributed by atoms with Gasteiger partial charge in [-0.05, 0) is 30.7 Å². The quantitative estimate of drug-likeness (QED) is 0.641. The number of aromatic nitrogens is 1. The normalized spacial score (nSPS) is 10.4. The van der Waals surface area contributed by atoms with E-state index in [-0.39, 0.29) is 5.75 Å². The minimum absolute atomic E-state index is 0.142. The van der Waals surface area contributed by atoms with E-state index in [2.05, 4.69) is 10.9 Å². The van der Waals surface area contributed by atoms with Crippen LogP contribution >= 0.6 is 0 Å². The van der Waals surface area contributed by atoms with Crippen LogP contribution in [0.2, 0.25) is 0 Å². The molecule has 0 spiro atoms. The monoisotopic (exact) mass is 200 g/mol. The first kappa shape index (κ1) is 9.63. The lowest BCUT2D eigenvalue weighted by Gasteiger charge is -1.99. The summed E-state index contributed by atoms with van der Waals surface area (Å²) < 4.78 is 0. The number of hydrogen-bond acceptors (Lipinski definition) is 2. The summed E-state index contributed by atoms with van der Waals surface area (Å²) in [6.45, 7) is 0.588. The van der Waals surface area contributed by atoms with Crippen LogP contribution in [0.15, 0.2) is 18.3 Å². The van der Waals surface area contributed by atoms with Crippen molar-refractivity contribution in [3.63, 3.8) is 0 Å². The molecule has 1 aromatic heterocycles. The number of phenols is 1. The van der Waals surface area contributed by atoms with Gasteiger partial charge in [0.05, 0.1) is 5.56 Å². The number of fused-ring (bicyclic) bond motifs is 1. The van der Waals surface area contributed by atoms with Crippen LogP contribution in [0.25, 0.3) is 10.9 Å². The molecule has 0 aliphatic carbocycles. The molecule has 3 heteroatoms. The Bertz CT molecular complexity index is 534. The standard InChI is InChI=1S/C12H12N2O/c1-2-8-5-11-10(6-12(8)15)9(3-4-13)7-14-11/h1,5-7,14-15H,3-4,13H2. The van der Waals surface area contributed by atoms with Gasteiger partial charge in [-0.1, -0.05) is 5.92 Å². The molecule has 0 atom stereocenters. The average molecular weight is 200 g/mol. The molecule has 1 aromatic carbocycles. The number of nitrogens with one attached hydrogen (secondary N) is 1. The number of phenolic OH excluding ortho intramolecular Hbond substituents is 1. The largest absolute Gasteiger partial charge is 0.507 e. The Balaban J connectivity index is 2.63. The van der Waals surface area contributed by atoms with Crippen molar-refractivity contribution in [1.82, 2.24) is 4.98 Å². The van der Waals surface area contributed by atoms with Crippen LogP contribution in [0.1, 0.15) is 11.1 Å². The maximum Gasteiger partial charge on any atom is 0.131 e. The number of aromatic hydroxyl groups is 1. The van der Waals surface area contributed by atoms with Crippen molar-refractivity contribution in [3.05, 3.63) is 29.5 Å². The minimum Gasteiger partial charge on any atom is -0.507 e. The Labute approximate surface area is 87.9 Å². The van der Waals surface area contributed by atoms with Crippen LogP contribution in [0.4, 0.5) is 0 Å². The van der Waals surface area contributed by atoms with E-state index in [0.29, 0.717) is 12.1 Å². The van der Waals surface area contributed by atoms with E-state index >= 15 is 0 Å². The molecular formula is C12H12N2O. The van der Waals surface area contributed by atoms with Crippen molar-refractivity contribution in [2.45, 2.75) is 6.42 Å². The van der Waals surface area contributed by atoms with Gasteiger partial charge >= 0.3 is 0 Å². The highest BCUT2D eigenvalue weighted by Gasteiger charge is 2.06. The summed E-state index contributed by atoms with van der Waals surface area (Å²) in [7, 11) is 0. The number of hydrogen-bond donors (Lipinski definition) is 3. The van der Waals surface area contributed by atoms with Crippen molar-refractivity contribution in [3.8, 4) is 18.1 Å². The molecule has 76 valence electrons. The second kappa shape index (κ2) is 3.68. The molecule has 0 aliphatic rings. The Kier molecular flexibility index (Phi) is 2.36. The smallest absolute Gasteiger partial charge is 0.131 e. The molecule has 15 heavy (non-hydrogen) atoms. The first-order chi connectivity index (χ1) is 7.26. The zero-order valence-corrected chi connectivity index (χ0v) is 8.25. The van der Waals surface area contributed by atoms with Crippen LogP contribution in [0.3, 0.4) is 0 Å². The molecule has 4 N–H and O–H groups in total. The SMILES string of the molecule is C#Cc1cc2[nH]cc(CCN)c2cc1O. The lowest BCUT2D eigenvalue weighted by Crippen LogP contribution is -2.01. The molecule has 0 amide bonds. The van der Waals surface area contributed by atoms with Crippen LogP contribution in [-0.2, 0) is 6.42 Å². The van der Waals surface area contributed by atoms with Crippen molar-refractivity contribution in [2.75, 3.05) is 6.54 Å². The van der Waals surface area contributed by atoms with Gasteiger partial charge in [0, 0.05) is 17.1 Å². The molecular weight excluding hydrogens is 188 g/mol. The topological polar surface area (TPSA) is 62.0 Å². The second-order valence-electron chi connectivity index (χ2n) is 3.41. The third kappa shape index (κ3) is 1.56. The van der Waals surface area contributed by atoms with Gasteiger partial charge in [0.15, 0.2) is 0 Å². The molecule has 0 fully saturated rings. The molecule has 0 bridgehead atoms. The van der Waals surface area contributed by atoms with Crippen molar-refractivity contribution in [1.29, 1.82) is 0 Å². The fourth-order valence-corrected chi connectivity index (χ4v) is 1.69. The Morgan fingerprint density at radius 1 is 1.47 bits per heavy atom. The molecule has 3 nitrogen and oxygen atoms in total. The zero-order valence-electron chi connectivity index (χ0n) is 8.25. The lowest BCUT2D eigenvalue weighted by atomic mass is 10.1. The van der Waals surface area contributed by atoms with Crippen LogP contribution in [-0.4, -0.2) is 16.6 Å². The van der Waals surface area contributed by atoms with E-state index in [1.54, 1.807) is 12.1 Å². The van der Waals surface area contributed by atoms with E-state index in [1.165, 1.54) is 0 Å². The Hall–Kier alpha value is -1.92. The maximum atomic E-state index is 9.63.